The van der Waals surface area contributed by atoms with Crippen molar-refractivity contribution in [3.05, 3.63) is 70.2 Å². The second kappa shape index (κ2) is 7.40. The fourth-order valence-corrected chi connectivity index (χ4v) is 3.98. The molecule has 2 aromatic heterocycles. The molecule has 4 rings (SSSR count). The van der Waals surface area contributed by atoms with Crippen molar-refractivity contribution in [1.82, 2.24) is 9.97 Å². The molecule has 0 amide bonds. The molecule has 0 saturated carbocycles. The van der Waals surface area contributed by atoms with Gasteiger partial charge in [-0.25, -0.2) is 4.98 Å². The number of rotatable bonds is 4. The van der Waals surface area contributed by atoms with E-state index in [2.05, 4.69) is 16.4 Å². The van der Waals surface area contributed by atoms with Crippen LogP contribution < -0.4 is 11.1 Å². The van der Waals surface area contributed by atoms with Crippen LogP contribution in [0.25, 0.3) is 0 Å². The van der Waals surface area contributed by atoms with Gasteiger partial charge in [-0.05, 0) is 62.4 Å². The molecule has 7 nitrogen and oxygen atoms in total. The zero-order valence-electron chi connectivity index (χ0n) is 16.4. The third-order valence-corrected chi connectivity index (χ3v) is 5.49. The Kier molecular flexibility index (Phi) is 4.77. The van der Waals surface area contributed by atoms with E-state index in [9.17, 15) is 5.26 Å². The van der Waals surface area contributed by atoms with E-state index in [0.717, 1.165) is 41.9 Å². The van der Waals surface area contributed by atoms with Crippen LogP contribution in [0.1, 0.15) is 58.3 Å². The van der Waals surface area contributed by atoms with E-state index in [1.807, 2.05) is 26.0 Å². The number of nitrogens with zero attached hydrogens (tertiary/aromatic N) is 3. The summed E-state index contributed by atoms with van der Waals surface area (Å²) in [5, 5.41) is 21.4. The van der Waals surface area contributed by atoms with Gasteiger partial charge in [0.1, 0.15) is 11.8 Å². The second-order valence-electron chi connectivity index (χ2n) is 7.30. The Morgan fingerprint density at radius 2 is 2.21 bits per heavy atom. The Morgan fingerprint density at radius 1 is 1.38 bits per heavy atom. The smallest absolute Gasteiger partial charge is 0.181 e. The maximum atomic E-state index is 9.44. The average Bonchev–Trinajstić information content (AvgIpc) is 3.25. The van der Waals surface area contributed by atoms with Gasteiger partial charge in [0.15, 0.2) is 12.2 Å². The number of fused-ring (bicyclic) bond motifs is 1. The summed E-state index contributed by atoms with van der Waals surface area (Å²) in [6.07, 6.45) is 5.71. The zero-order chi connectivity index (χ0) is 20.5. The highest BCUT2D eigenvalue weighted by atomic mass is 16.3. The summed E-state index contributed by atoms with van der Waals surface area (Å²) >= 11 is 0. The fourth-order valence-electron chi connectivity index (χ4n) is 3.98. The fraction of sp³-hybridized carbons (Fsp3) is 0.273. The van der Waals surface area contributed by atoms with Crippen molar-refractivity contribution in [3.63, 3.8) is 0 Å². The number of aromatic nitrogens is 2. The van der Waals surface area contributed by atoms with Crippen molar-refractivity contribution >= 4 is 17.1 Å². The molecule has 0 aliphatic heterocycles. The molecule has 0 spiro atoms. The van der Waals surface area contributed by atoms with Crippen molar-refractivity contribution in [2.75, 3.05) is 11.1 Å². The first kappa shape index (κ1) is 18.7. The number of pyridine rings is 1. The van der Waals surface area contributed by atoms with Gasteiger partial charge < -0.3 is 15.5 Å². The summed E-state index contributed by atoms with van der Waals surface area (Å²) in [6.45, 7) is 3.89. The van der Waals surface area contributed by atoms with Gasteiger partial charge >= 0.3 is 0 Å². The van der Waals surface area contributed by atoms with Crippen LogP contribution in [-0.2, 0) is 6.42 Å². The maximum Gasteiger partial charge on any atom is 0.181 e. The van der Waals surface area contributed by atoms with Gasteiger partial charge in [-0.1, -0.05) is 0 Å². The van der Waals surface area contributed by atoms with Crippen molar-refractivity contribution in [1.29, 1.82) is 10.7 Å². The lowest BCUT2D eigenvalue weighted by molar-refractivity contribution is 0.548. The summed E-state index contributed by atoms with van der Waals surface area (Å²) in [7, 11) is 0. The lowest BCUT2D eigenvalue weighted by Gasteiger charge is -2.28. The number of nitrogens with two attached hydrogens (primary N) is 1. The number of nitriles is 1. The van der Waals surface area contributed by atoms with E-state index in [0.29, 0.717) is 22.6 Å². The molecule has 146 valence electrons. The zero-order valence-corrected chi connectivity index (χ0v) is 16.4. The van der Waals surface area contributed by atoms with Crippen LogP contribution in [0.3, 0.4) is 0 Å². The number of nitrogen functional groups attached to an aromatic ring is 1. The molecular formula is C22H22N6O. The number of nitrogens with one attached hydrogen (secondary N) is 2. The maximum absolute atomic E-state index is 9.44. The summed E-state index contributed by atoms with van der Waals surface area (Å²) in [6, 6.07) is 7.88. The van der Waals surface area contributed by atoms with Crippen LogP contribution in [0.15, 0.2) is 35.2 Å². The summed E-state index contributed by atoms with van der Waals surface area (Å²) in [5.74, 6) is 0.369. The first-order valence-corrected chi connectivity index (χ1v) is 9.53. The standard InChI is InChI=1S/C22H22N6O/c1-12-15-4-3-5-19(22(15)27-13(2)17(12)9-23)28-14-6-7-18(24)16(8-14)21(25)20-10-26-11-29-20/h6-8,10-11,19,25,28H,3-5,24H2,1-2H3/t19-/m1/s1. The molecule has 0 saturated heterocycles. The largest absolute Gasteiger partial charge is 0.442 e. The topological polar surface area (TPSA) is 125 Å². The molecule has 4 N–H and O–H groups in total. The third kappa shape index (κ3) is 3.34. The van der Waals surface area contributed by atoms with E-state index in [-0.39, 0.29) is 11.8 Å². The SMILES string of the molecule is Cc1nc2c(c(C)c1C#N)CCC[C@H]2Nc1ccc(N)c(C(=N)c2cnco2)c1. The van der Waals surface area contributed by atoms with E-state index in [1.165, 1.54) is 18.2 Å². The van der Waals surface area contributed by atoms with Gasteiger partial charge in [0.05, 0.1) is 29.2 Å². The molecule has 29 heavy (non-hydrogen) atoms. The summed E-state index contributed by atoms with van der Waals surface area (Å²) < 4.78 is 5.24. The van der Waals surface area contributed by atoms with Gasteiger partial charge in [0, 0.05) is 16.9 Å². The second-order valence-corrected chi connectivity index (χ2v) is 7.30. The molecule has 1 aliphatic rings. The highest BCUT2D eigenvalue weighted by Crippen LogP contribution is 2.35. The molecule has 3 aromatic rings. The number of oxazole rings is 1. The average molecular weight is 386 g/mol. The minimum absolute atomic E-state index is 0.0415. The third-order valence-electron chi connectivity index (χ3n) is 5.49. The molecule has 1 aliphatic carbocycles. The molecule has 2 heterocycles. The molecular weight excluding hydrogens is 364 g/mol. The lowest BCUT2D eigenvalue weighted by atomic mass is 9.86. The van der Waals surface area contributed by atoms with Crippen LogP contribution in [-0.4, -0.2) is 15.7 Å². The summed E-state index contributed by atoms with van der Waals surface area (Å²) in [5.41, 5.74) is 12.9. The van der Waals surface area contributed by atoms with Crippen LogP contribution in [0.4, 0.5) is 11.4 Å². The van der Waals surface area contributed by atoms with E-state index >= 15 is 0 Å². The van der Waals surface area contributed by atoms with Crippen LogP contribution in [0.2, 0.25) is 0 Å². The van der Waals surface area contributed by atoms with Crippen LogP contribution in [0, 0.1) is 30.6 Å². The van der Waals surface area contributed by atoms with E-state index < -0.39 is 0 Å². The van der Waals surface area contributed by atoms with Gasteiger partial charge in [-0.2, -0.15) is 5.26 Å². The Morgan fingerprint density at radius 3 is 2.93 bits per heavy atom. The monoisotopic (exact) mass is 386 g/mol. The van der Waals surface area contributed by atoms with Crippen molar-refractivity contribution in [3.8, 4) is 6.07 Å². The van der Waals surface area contributed by atoms with Crippen LogP contribution in [0.5, 0.6) is 0 Å². The minimum Gasteiger partial charge on any atom is -0.442 e. The Hall–Kier alpha value is -3.66. The highest BCUT2D eigenvalue weighted by molar-refractivity contribution is 6.12. The number of hydrogen-bond acceptors (Lipinski definition) is 7. The molecule has 7 heteroatoms. The predicted octanol–water partition coefficient (Wildman–Crippen LogP) is 4.05. The van der Waals surface area contributed by atoms with E-state index in [1.54, 1.807) is 6.07 Å². The van der Waals surface area contributed by atoms with Gasteiger partial charge in [-0.15, -0.1) is 0 Å². The van der Waals surface area contributed by atoms with Gasteiger partial charge in [-0.3, -0.25) is 10.4 Å². The lowest BCUT2D eigenvalue weighted by Crippen LogP contribution is -2.21. The number of hydrogen-bond donors (Lipinski definition) is 3. The van der Waals surface area contributed by atoms with Crippen LogP contribution >= 0.6 is 0 Å². The molecule has 0 unspecified atom stereocenters. The Labute approximate surface area is 169 Å². The van der Waals surface area contributed by atoms with Crippen molar-refractivity contribution < 1.29 is 4.42 Å². The first-order valence-electron chi connectivity index (χ1n) is 9.53. The quantitative estimate of drug-likeness (QED) is 0.459. The minimum atomic E-state index is 0.0415. The van der Waals surface area contributed by atoms with Crippen molar-refractivity contribution in [2.45, 2.75) is 39.2 Å². The van der Waals surface area contributed by atoms with Gasteiger partial charge in [0.25, 0.3) is 0 Å². The molecule has 0 bridgehead atoms. The molecule has 1 atom stereocenters. The van der Waals surface area contributed by atoms with Gasteiger partial charge in [0.2, 0.25) is 0 Å². The number of benzene rings is 1. The molecule has 1 aromatic carbocycles. The summed E-state index contributed by atoms with van der Waals surface area (Å²) in [4.78, 5) is 8.64. The molecule has 0 fully saturated rings. The van der Waals surface area contributed by atoms with Crippen molar-refractivity contribution in [2.24, 2.45) is 0 Å². The number of aryl methyl sites for hydroxylation is 1. The van der Waals surface area contributed by atoms with E-state index in [4.69, 9.17) is 20.5 Å². The Bertz CT molecular complexity index is 1130. The normalized spacial score (nSPS) is 15.4. The predicted molar refractivity (Wildman–Crippen MR) is 111 cm³/mol. The highest BCUT2D eigenvalue weighted by Gasteiger charge is 2.26. The Balaban J connectivity index is 1.67. The molecule has 0 radical (unpaired) electrons. The number of anilines is 2. The first-order chi connectivity index (χ1) is 14.0.